The number of aliphatic hydroxyl groups excluding tert-OH is 1. The Morgan fingerprint density at radius 3 is 2.46 bits per heavy atom. The second-order valence-corrected chi connectivity index (χ2v) is 11.2. The van der Waals surface area contributed by atoms with Crippen LogP contribution in [0.3, 0.4) is 0 Å². The topological polar surface area (TPSA) is 91.1 Å². The molecule has 2 heterocycles. The van der Waals surface area contributed by atoms with Gasteiger partial charge in [-0.15, -0.1) is 0 Å². The molecule has 2 fully saturated rings. The minimum absolute atomic E-state index is 0.177. The van der Waals surface area contributed by atoms with Crippen molar-refractivity contribution in [3.05, 3.63) is 52.0 Å². The van der Waals surface area contributed by atoms with Gasteiger partial charge in [0.25, 0.3) is 0 Å². The van der Waals surface area contributed by atoms with Gasteiger partial charge in [-0.25, -0.2) is 0 Å². The Labute approximate surface area is 235 Å². The predicted molar refractivity (Wildman–Crippen MR) is 149 cm³/mol. The number of nitrogen functional groups attached to an aromatic ring is 1. The van der Waals surface area contributed by atoms with Crippen LogP contribution in [0.1, 0.15) is 43.2 Å². The molecule has 7 nitrogen and oxygen atoms in total. The maximum absolute atomic E-state index is 12.7. The van der Waals surface area contributed by atoms with Crippen LogP contribution in [-0.4, -0.2) is 72.3 Å². The first kappa shape index (κ1) is 29.5. The number of anilines is 2. The van der Waals surface area contributed by atoms with E-state index in [9.17, 15) is 18.0 Å². The first-order chi connectivity index (χ1) is 18.6. The van der Waals surface area contributed by atoms with Crippen LogP contribution in [0.5, 0.6) is 5.75 Å². The van der Waals surface area contributed by atoms with Gasteiger partial charge >= 0.3 is 6.18 Å². The molecule has 0 aromatic heterocycles. The summed E-state index contributed by atoms with van der Waals surface area (Å²) in [6.07, 6.45) is 2.26. The molecule has 1 amide bonds. The van der Waals surface area contributed by atoms with Gasteiger partial charge in [-0.3, -0.25) is 9.69 Å². The lowest BCUT2D eigenvalue weighted by Gasteiger charge is -2.35. The molecule has 11 heteroatoms. The maximum Gasteiger partial charge on any atom is 0.418 e. The van der Waals surface area contributed by atoms with Crippen molar-refractivity contribution in [1.29, 1.82) is 0 Å². The molecular formula is C28H36BrF3N4O3. The van der Waals surface area contributed by atoms with Gasteiger partial charge in [-0.2, -0.15) is 13.2 Å². The van der Waals surface area contributed by atoms with Crippen molar-refractivity contribution in [2.24, 2.45) is 0 Å². The van der Waals surface area contributed by atoms with E-state index in [4.69, 9.17) is 15.6 Å². The SMILES string of the molecule is Nc1ccc(NC2CCCCC2)cc1C(F)(F)F.O=C(CO)N1CCN(CC2Cc3cc(Br)ccc3O2)CC1. The van der Waals surface area contributed by atoms with E-state index in [2.05, 4.69) is 32.2 Å². The van der Waals surface area contributed by atoms with E-state index in [1.807, 2.05) is 12.1 Å². The number of amides is 1. The number of fused-ring (bicyclic) bond motifs is 1. The number of carbonyl (C=O) groups excluding carboxylic acids is 1. The highest BCUT2D eigenvalue weighted by Crippen LogP contribution is 2.36. The summed E-state index contributed by atoms with van der Waals surface area (Å²) < 4.78 is 45.2. The number of carbonyl (C=O) groups is 1. The molecule has 5 rings (SSSR count). The number of nitrogens with zero attached hydrogens (tertiary/aromatic N) is 2. The molecule has 1 unspecified atom stereocenters. The molecule has 4 N–H and O–H groups in total. The molecule has 0 radical (unpaired) electrons. The van der Waals surface area contributed by atoms with Gasteiger partial charge in [-0.05, 0) is 54.8 Å². The van der Waals surface area contributed by atoms with Crippen molar-refractivity contribution in [2.75, 3.05) is 50.4 Å². The summed E-state index contributed by atoms with van der Waals surface area (Å²) in [5.41, 5.74) is 6.13. The van der Waals surface area contributed by atoms with Crippen LogP contribution in [0, 0.1) is 0 Å². The number of ether oxygens (including phenoxy) is 1. The third-order valence-corrected chi connectivity index (χ3v) is 7.91. The molecule has 2 aromatic carbocycles. The fraction of sp³-hybridized carbons (Fsp3) is 0.536. The largest absolute Gasteiger partial charge is 0.488 e. The van der Waals surface area contributed by atoms with Crippen molar-refractivity contribution >= 4 is 33.2 Å². The molecule has 0 bridgehead atoms. The number of alkyl halides is 3. The first-order valence-corrected chi connectivity index (χ1v) is 14.2. The first-order valence-electron chi connectivity index (χ1n) is 13.4. The molecule has 214 valence electrons. The standard InChI is InChI=1S/C15H19BrN2O3.C13H17F3N2/c16-12-1-2-14-11(7-12)8-13(21-14)9-17-3-5-18(6-4-17)15(20)10-19;14-13(15,16)11-8-10(6-7-12(11)17)18-9-4-2-1-3-5-9/h1-2,7,13,19H,3-6,8-10H2;6-9,18H,1-5,17H2. The molecule has 2 aliphatic heterocycles. The lowest BCUT2D eigenvalue weighted by Crippen LogP contribution is -2.51. The fourth-order valence-corrected chi connectivity index (χ4v) is 5.74. The van der Waals surface area contributed by atoms with E-state index < -0.39 is 18.3 Å². The van der Waals surface area contributed by atoms with Gasteiger partial charge in [0.05, 0.1) is 5.56 Å². The number of nitrogens with two attached hydrogens (primary N) is 1. The third kappa shape index (κ3) is 8.25. The smallest absolute Gasteiger partial charge is 0.418 e. The number of rotatable bonds is 5. The van der Waals surface area contributed by atoms with Crippen LogP contribution < -0.4 is 15.8 Å². The molecule has 1 aliphatic carbocycles. The van der Waals surface area contributed by atoms with Crippen molar-refractivity contribution in [3.8, 4) is 5.75 Å². The van der Waals surface area contributed by atoms with Gasteiger partial charge in [-0.1, -0.05) is 35.2 Å². The van der Waals surface area contributed by atoms with Gasteiger partial charge in [0.1, 0.15) is 18.5 Å². The molecular weight excluding hydrogens is 577 g/mol. The number of benzene rings is 2. The molecule has 3 aliphatic rings. The second-order valence-electron chi connectivity index (χ2n) is 10.3. The Morgan fingerprint density at radius 1 is 1.08 bits per heavy atom. The lowest BCUT2D eigenvalue weighted by atomic mass is 9.95. The second kappa shape index (κ2) is 13.2. The summed E-state index contributed by atoms with van der Waals surface area (Å²) in [4.78, 5) is 15.5. The monoisotopic (exact) mass is 612 g/mol. The van der Waals surface area contributed by atoms with Gasteiger partial charge < -0.3 is 25.8 Å². The summed E-state index contributed by atoms with van der Waals surface area (Å²) in [7, 11) is 0. The number of halogens is 4. The number of aliphatic hydroxyl groups is 1. The molecule has 2 aromatic rings. The van der Waals surface area contributed by atoms with Crippen LogP contribution >= 0.6 is 15.9 Å². The summed E-state index contributed by atoms with van der Waals surface area (Å²) in [6, 6.07) is 10.4. The van der Waals surface area contributed by atoms with E-state index in [0.29, 0.717) is 18.8 Å². The lowest BCUT2D eigenvalue weighted by molar-refractivity contribution is -0.137. The summed E-state index contributed by atoms with van der Waals surface area (Å²) in [5, 5.41) is 12.0. The van der Waals surface area contributed by atoms with E-state index in [1.54, 1.807) is 11.0 Å². The molecule has 1 atom stereocenters. The molecule has 0 spiro atoms. The number of piperazine rings is 1. The van der Waals surface area contributed by atoms with E-state index in [1.165, 1.54) is 18.1 Å². The quantitative estimate of drug-likeness (QED) is 0.415. The van der Waals surface area contributed by atoms with Crippen LogP contribution in [0.2, 0.25) is 0 Å². The van der Waals surface area contributed by atoms with Crippen molar-refractivity contribution < 1.29 is 27.8 Å². The fourth-order valence-electron chi connectivity index (χ4n) is 5.33. The number of hydrogen-bond acceptors (Lipinski definition) is 6. The van der Waals surface area contributed by atoms with Gasteiger partial charge in [0.2, 0.25) is 5.91 Å². The Balaban J connectivity index is 0.000000183. The van der Waals surface area contributed by atoms with E-state index in [0.717, 1.165) is 68.0 Å². The molecule has 1 saturated carbocycles. The Kier molecular flexibility index (Phi) is 10.0. The average molecular weight is 614 g/mol. The highest BCUT2D eigenvalue weighted by molar-refractivity contribution is 9.10. The predicted octanol–water partition coefficient (Wildman–Crippen LogP) is 4.92. The van der Waals surface area contributed by atoms with Gasteiger partial charge in [0, 0.05) is 61.0 Å². The summed E-state index contributed by atoms with van der Waals surface area (Å²) in [5.74, 6) is 0.807. The molecule has 1 saturated heterocycles. The van der Waals surface area contributed by atoms with Crippen molar-refractivity contribution in [2.45, 2.75) is 56.8 Å². The Morgan fingerprint density at radius 2 is 1.79 bits per heavy atom. The average Bonchev–Trinajstić information content (AvgIpc) is 3.31. The van der Waals surface area contributed by atoms with Crippen LogP contribution in [0.25, 0.3) is 0 Å². The van der Waals surface area contributed by atoms with Crippen molar-refractivity contribution in [1.82, 2.24) is 9.80 Å². The molecule has 39 heavy (non-hydrogen) atoms. The Hall–Kier alpha value is -2.50. The number of nitrogens with one attached hydrogen (secondary N) is 1. The highest BCUT2D eigenvalue weighted by Gasteiger charge is 2.33. The third-order valence-electron chi connectivity index (χ3n) is 7.42. The highest BCUT2D eigenvalue weighted by atomic mass is 79.9. The summed E-state index contributed by atoms with van der Waals surface area (Å²) in [6.45, 7) is 3.54. The summed E-state index contributed by atoms with van der Waals surface area (Å²) >= 11 is 3.49. The van der Waals surface area contributed by atoms with Crippen molar-refractivity contribution in [3.63, 3.8) is 0 Å². The zero-order chi connectivity index (χ0) is 28.0. The zero-order valence-corrected chi connectivity index (χ0v) is 23.4. The minimum Gasteiger partial charge on any atom is -0.488 e. The minimum atomic E-state index is -4.39. The zero-order valence-electron chi connectivity index (χ0n) is 21.9. The Bertz CT molecular complexity index is 1120. The van der Waals surface area contributed by atoms with E-state index >= 15 is 0 Å². The van der Waals surface area contributed by atoms with Crippen LogP contribution in [-0.2, 0) is 17.4 Å². The van der Waals surface area contributed by atoms with Crippen LogP contribution in [0.4, 0.5) is 24.5 Å². The van der Waals surface area contributed by atoms with Gasteiger partial charge in [0.15, 0.2) is 0 Å². The normalized spacial score (nSPS) is 20.0. The maximum atomic E-state index is 12.7. The number of hydrogen-bond donors (Lipinski definition) is 3. The van der Waals surface area contributed by atoms with E-state index in [-0.39, 0.29) is 23.7 Å². The van der Waals surface area contributed by atoms with Crippen LogP contribution in [0.15, 0.2) is 40.9 Å².